The molecule has 0 bridgehead atoms. The lowest BCUT2D eigenvalue weighted by molar-refractivity contribution is -0.123. The van der Waals surface area contributed by atoms with Gasteiger partial charge in [-0.05, 0) is 49.8 Å². The quantitative estimate of drug-likeness (QED) is 0.498. The Labute approximate surface area is 183 Å². The molecule has 0 saturated carbocycles. The van der Waals surface area contributed by atoms with Gasteiger partial charge in [-0.1, -0.05) is 18.2 Å². The summed E-state index contributed by atoms with van der Waals surface area (Å²) < 4.78 is 26.9. The summed E-state index contributed by atoms with van der Waals surface area (Å²) in [6.45, 7) is 3.96. The van der Waals surface area contributed by atoms with Crippen molar-refractivity contribution in [2.45, 2.75) is 20.4 Å². The van der Waals surface area contributed by atoms with Gasteiger partial charge in [-0.2, -0.15) is 0 Å². The van der Waals surface area contributed by atoms with Crippen LogP contribution in [0.3, 0.4) is 0 Å². The Morgan fingerprint density at radius 3 is 2.66 bits per heavy atom. The molecule has 8 heteroatoms. The van der Waals surface area contributed by atoms with E-state index in [2.05, 4.69) is 5.32 Å². The number of amides is 3. The molecule has 3 heterocycles. The molecule has 2 aliphatic heterocycles. The Hall–Kier alpha value is -4.07. The van der Waals surface area contributed by atoms with Gasteiger partial charge in [0, 0.05) is 28.7 Å². The minimum absolute atomic E-state index is 0.134. The van der Waals surface area contributed by atoms with E-state index in [0.29, 0.717) is 11.5 Å². The van der Waals surface area contributed by atoms with Crippen molar-refractivity contribution in [3.8, 4) is 17.2 Å². The van der Waals surface area contributed by atoms with Gasteiger partial charge in [-0.15, -0.1) is 0 Å². The van der Waals surface area contributed by atoms with E-state index in [1.807, 2.05) is 42.7 Å². The molecule has 3 aromatic rings. The molecule has 2 aromatic carbocycles. The molecule has 0 aliphatic carbocycles. The number of aryl methyl sites for hydroxylation is 1. The molecule has 32 heavy (non-hydrogen) atoms. The van der Waals surface area contributed by atoms with Crippen LogP contribution in [-0.2, 0) is 11.3 Å². The standard InChI is InChI=1S/C24H20FN3O4/c1-14-9-17(15(2)28(14)18-7-8-21-22(11-18)32-13-31-21)10-20-23(29)27(24(30)26-20)12-16-5-3-4-6-19(16)25/h3-11H,12-13H2,1-2H3,(H,26,30)/b20-10+. The summed E-state index contributed by atoms with van der Waals surface area (Å²) in [6.07, 6.45) is 1.65. The largest absolute Gasteiger partial charge is 0.454 e. The van der Waals surface area contributed by atoms with Crippen LogP contribution in [0, 0.1) is 19.7 Å². The van der Waals surface area contributed by atoms with Gasteiger partial charge in [0.2, 0.25) is 6.79 Å². The molecule has 0 unspecified atom stereocenters. The molecule has 1 aromatic heterocycles. The number of rotatable bonds is 4. The molecule has 0 radical (unpaired) electrons. The van der Waals surface area contributed by atoms with Crippen molar-refractivity contribution in [1.82, 2.24) is 14.8 Å². The van der Waals surface area contributed by atoms with E-state index in [9.17, 15) is 14.0 Å². The van der Waals surface area contributed by atoms with Crippen LogP contribution in [-0.4, -0.2) is 28.2 Å². The van der Waals surface area contributed by atoms with E-state index in [0.717, 1.165) is 27.5 Å². The van der Waals surface area contributed by atoms with Gasteiger partial charge in [0.1, 0.15) is 11.5 Å². The number of aromatic nitrogens is 1. The van der Waals surface area contributed by atoms with E-state index in [1.165, 1.54) is 6.07 Å². The van der Waals surface area contributed by atoms with Gasteiger partial charge < -0.3 is 19.4 Å². The number of hydrogen-bond donors (Lipinski definition) is 1. The number of imide groups is 1. The van der Waals surface area contributed by atoms with Crippen molar-refractivity contribution in [1.29, 1.82) is 0 Å². The minimum atomic E-state index is -0.575. The SMILES string of the molecule is Cc1cc(/C=C2/NC(=O)N(Cc3ccccc3F)C2=O)c(C)n1-c1ccc2c(c1)OCO2. The molecule has 7 nitrogen and oxygen atoms in total. The van der Waals surface area contributed by atoms with E-state index < -0.39 is 17.8 Å². The molecule has 1 saturated heterocycles. The van der Waals surface area contributed by atoms with Crippen molar-refractivity contribution in [2.75, 3.05) is 6.79 Å². The van der Waals surface area contributed by atoms with E-state index in [4.69, 9.17) is 9.47 Å². The summed E-state index contributed by atoms with van der Waals surface area (Å²) in [5, 5.41) is 2.60. The van der Waals surface area contributed by atoms with Crippen LogP contribution in [0.4, 0.5) is 9.18 Å². The minimum Gasteiger partial charge on any atom is -0.454 e. The first kappa shape index (κ1) is 19.9. The van der Waals surface area contributed by atoms with Gasteiger partial charge >= 0.3 is 6.03 Å². The fourth-order valence-electron chi connectivity index (χ4n) is 4.02. The second-order valence-corrected chi connectivity index (χ2v) is 7.67. The lowest BCUT2D eigenvalue weighted by atomic mass is 10.2. The Kier molecular flexibility index (Phi) is 4.70. The third kappa shape index (κ3) is 3.30. The van der Waals surface area contributed by atoms with Gasteiger partial charge in [-0.25, -0.2) is 9.18 Å². The number of carbonyl (C=O) groups is 2. The maximum atomic E-state index is 14.0. The number of halogens is 1. The number of fused-ring (bicyclic) bond motifs is 1. The number of nitrogens with zero attached hydrogens (tertiary/aromatic N) is 2. The third-order valence-electron chi connectivity index (χ3n) is 5.63. The zero-order valence-electron chi connectivity index (χ0n) is 17.5. The topological polar surface area (TPSA) is 72.8 Å². The van der Waals surface area contributed by atoms with Crippen molar-refractivity contribution in [3.05, 3.63) is 82.6 Å². The molecule has 162 valence electrons. The predicted octanol–water partition coefficient (Wildman–Crippen LogP) is 4.05. The van der Waals surface area contributed by atoms with E-state index in [-0.39, 0.29) is 24.6 Å². The highest BCUT2D eigenvalue weighted by molar-refractivity contribution is 6.14. The number of hydrogen-bond acceptors (Lipinski definition) is 4. The van der Waals surface area contributed by atoms with Crippen molar-refractivity contribution < 1.29 is 23.5 Å². The molecular formula is C24H20FN3O4. The van der Waals surface area contributed by atoms with Gasteiger partial charge in [-0.3, -0.25) is 9.69 Å². The highest BCUT2D eigenvalue weighted by atomic mass is 19.1. The molecule has 2 aliphatic rings. The normalized spacial score (nSPS) is 16.2. The summed E-state index contributed by atoms with van der Waals surface area (Å²) in [6, 6.07) is 13.1. The molecule has 0 spiro atoms. The van der Waals surface area contributed by atoms with Crippen LogP contribution in [0.5, 0.6) is 11.5 Å². The Morgan fingerprint density at radius 2 is 1.84 bits per heavy atom. The molecule has 1 fully saturated rings. The van der Waals surface area contributed by atoms with Crippen molar-refractivity contribution >= 4 is 18.0 Å². The summed E-state index contributed by atoms with van der Waals surface area (Å²) in [5.74, 6) is 0.425. The van der Waals surface area contributed by atoms with Crippen LogP contribution in [0.25, 0.3) is 11.8 Å². The maximum absolute atomic E-state index is 14.0. The lowest BCUT2D eigenvalue weighted by Gasteiger charge is -2.12. The number of nitrogens with one attached hydrogen (secondary N) is 1. The van der Waals surface area contributed by atoms with Crippen LogP contribution in [0.1, 0.15) is 22.5 Å². The second kappa shape index (κ2) is 7.56. The van der Waals surface area contributed by atoms with Gasteiger partial charge in [0.15, 0.2) is 11.5 Å². The second-order valence-electron chi connectivity index (χ2n) is 7.67. The fourth-order valence-corrected chi connectivity index (χ4v) is 4.02. The zero-order valence-corrected chi connectivity index (χ0v) is 17.5. The average Bonchev–Trinajstić information content (AvgIpc) is 3.42. The van der Waals surface area contributed by atoms with E-state index >= 15 is 0 Å². The van der Waals surface area contributed by atoms with Crippen molar-refractivity contribution in [2.24, 2.45) is 0 Å². The summed E-state index contributed by atoms with van der Waals surface area (Å²) in [7, 11) is 0. The van der Waals surface area contributed by atoms with Crippen LogP contribution in [0.15, 0.2) is 54.2 Å². The lowest BCUT2D eigenvalue weighted by Crippen LogP contribution is -2.30. The predicted molar refractivity (Wildman–Crippen MR) is 115 cm³/mol. The smallest absolute Gasteiger partial charge is 0.329 e. The third-order valence-corrected chi connectivity index (χ3v) is 5.63. The van der Waals surface area contributed by atoms with Gasteiger partial charge in [0.05, 0.1) is 6.54 Å². The number of ether oxygens (including phenoxy) is 2. The number of urea groups is 1. The van der Waals surface area contributed by atoms with Gasteiger partial charge in [0.25, 0.3) is 5.91 Å². The zero-order chi connectivity index (χ0) is 22.4. The maximum Gasteiger partial charge on any atom is 0.329 e. The molecule has 5 rings (SSSR count). The Morgan fingerprint density at radius 1 is 1.06 bits per heavy atom. The highest BCUT2D eigenvalue weighted by Gasteiger charge is 2.34. The first-order chi connectivity index (χ1) is 15.4. The molecule has 1 N–H and O–H groups in total. The Balaban J connectivity index is 1.44. The van der Waals surface area contributed by atoms with Crippen LogP contribution < -0.4 is 14.8 Å². The molecule has 3 amide bonds. The Bertz CT molecular complexity index is 1290. The van der Waals surface area contributed by atoms with Crippen molar-refractivity contribution in [3.63, 3.8) is 0 Å². The highest BCUT2D eigenvalue weighted by Crippen LogP contribution is 2.35. The first-order valence-corrected chi connectivity index (χ1v) is 10.1. The number of carbonyl (C=O) groups excluding carboxylic acids is 2. The molecular weight excluding hydrogens is 413 g/mol. The fraction of sp³-hybridized carbons (Fsp3) is 0.167. The van der Waals surface area contributed by atoms with E-state index in [1.54, 1.807) is 24.3 Å². The van der Waals surface area contributed by atoms with Crippen LogP contribution in [0.2, 0.25) is 0 Å². The molecule has 0 atom stereocenters. The summed E-state index contributed by atoms with van der Waals surface area (Å²) >= 11 is 0. The summed E-state index contributed by atoms with van der Waals surface area (Å²) in [5.41, 5.74) is 3.96. The van der Waals surface area contributed by atoms with Crippen LogP contribution >= 0.6 is 0 Å². The number of benzene rings is 2. The first-order valence-electron chi connectivity index (χ1n) is 10.1. The monoisotopic (exact) mass is 433 g/mol. The average molecular weight is 433 g/mol. The summed E-state index contributed by atoms with van der Waals surface area (Å²) in [4.78, 5) is 26.2.